The van der Waals surface area contributed by atoms with Gasteiger partial charge >= 0.3 is 0 Å². The normalized spacial score (nSPS) is 12.0. The summed E-state index contributed by atoms with van der Waals surface area (Å²) in [6.07, 6.45) is 1.03. The Bertz CT molecular complexity index is 612. The van der Waals surface area contributed by atoms with E-state index in [1.54, 1.807) is 12.1 Å². The Labute approximate surface area is 106 Å². The number of nitrogens with zero attached hydrogens (tertiary/aromatic N) is 2. The number of fused-ring (bicyclic) bond motifs is 1. The van der Waals surface area contributed by atoms with Crippen molar-refractivity contribution in [3.05, 3.63) is 40.1 Å². The Morgan fingerprint density at radius 2 is 2.00 bits per heavy atom. The fraction of sp³-hybridized carbons (Fsp3) is 0.429. The Morgan fingerprint density at radius 1 is 1.33 bits per heavy atom. The summed E-state index contributed by atoms with van der Waals surface area (Å²) < 4.78 is 2.13. The van der Waals surface area contributed by atoms with E-state index >= 15 is 0 Å². The van der Waals surface area contributed by atoms with Gasteiger partial charge in [-0.15, -0.1) is 0 Å². The summed E-state index contributed by atoms with van der Waals surface area (Å²) in [6, 6.07) is 7.09. The van der Waals surface area contributed by atoms with Crippen LogP contribution in [0.25, 0.3) is 10.9 Å². The minimum atomic E-state index is -0.350. The summed E-state index contributed by atoms with van der Waals surface area (Å²) in [6.45, 7) is 6.53. The molecule has 0 fully saturated rings. The molecule has 4 nitrogen and oxygen atoms in total. The highest BCUT2D eigenvalue weighted by molar-refractivity contribution is 5.84. The molecule has 0 aliphatic carbocycles. The molecule has 0 N–H and O–H groups in total. The van der Waals surface area contributed by atoms with Gasteiger partial charge in [0.25, 0.3) is 5.69 Å². The van der Waals surface area contributed by atoms with E-state index in [0.29, 0.717) is 0 Å². The predicted molar refractivity (Wildman–Crippen MR) is 72.9 cm³/mol. The number of nitro groups is 1. The Balaban J connectivity index is 2.66. The van der Waals surface area contributed by atoms with Crippen LogP contribution in [0.1, 0.15) is 32.9 Å². The van der Waals surface area contributed by atoms with Gasteiger partial charge in [0.05, 0.1) is 4.92 Å². The summed E-state index contributed by atoms with van der Waals surface area (Å²) in [5.74, 6) is 0. The molecule has 1 aromatic heterocycles. The molecule has 0 atom stereocenters. The van der Waals surface area contributed by atoms with E-state index in [4.69, 9.17) is 0 Å². The zero-order valence-electron chi connectivity index (χ0n) is 11.2. The van der Waals surface area contributed by atoms with Crippen molar-refractivity contribution in [2.24, 2.45) is 7.05 Å². The SMILES string of the molecule is CCC(C)(C)c1cc2cc([N+](=O)[O-])ccc2n1C. The molecule has 4 heteroatoms. The van der Waals surface area contributed by atoms with Crippen molar-refractivity contribution < 1.29 is 4.92 Å². The standard InChI is InChI=1S/C14H18N2O2/c1-5-14(2,3)13-9-10-8-11(16(17)18)6-7-12(10)15(13)4/h6-9H,5H2,1-4H3. The minimum absolute atomic E-state index is 0.0720. The maximum absolute atomic E-state index is 10.8. The van der Waals surface area contributed by atoms with Crippen LogP contribution < -0.4 is 0 Å². The van der Waals surface area contributed by atoms with Crippen LogP contribution in [0.3, 0.4) is 0 Å². The van der Waals surface area contributed by atoms with Gasteiger partial charge in [-0.3, -0.25) is 10.1 Å². The molecule has 0 saturated carbocycles. The molecule has 2 rings (SSSR count). The van der Waals surface area contributed by atoms with E-state index in [2.05, 4.69) is 31.4 Å². The van der Waals surface area contributed by atoms with Gasteiger partial charge in [0.2, 0.25) is 0 Å². The van der Waals surface area contributed by atoms with Gasteiger partial charge in [-0.1, -0.05) is 20.8 Å². The monoisotopic (exact) mass is 246 g/mol. The molecule has 96 valence electrons. The van der Waals surface area contributed by atoms with Crippen molar-refractivity contribution >= 4 is 16.6 Å². The second-order valence-corrected chi connectivity index (χ2v) is 5.33. The lowest BCUT2D eigenvalue weighted by atomic mass is 9.86. The number of hydrogen-bond donors (Lipinski definition) is 0. The van der Waals surface area contributed by atoms with Gasteiger partial charge < -0.3 is 4.57 Å². The molecule has 0 bridgehead atoms. The molecular formula is C14H18N2O2. The van der Waals surface area contributed by atoms with Crippen LogP contribution in [-0.4, -0.2) is 9.49 Å². The topological polar surface area (TPSA) is 48.1 Å². The van der Waals surface area contributed by atoms with Gasteiger partial charge in [0.15, 0.2) is 0 Å². The van der Waals surface area contributed by atoms with Crippen LogP contribution in [0, 0.1) is 10.1 Å². The number of nitro benzene ring substituents is 1. The lowest BCUT2D eigenvalue weighted by Crippen LogP contribution is -2.19. The van der Waals surface area contributed by atoms with Crippen molar-refractivity contribution in [1.82, 2.24) is 4.57 Å². The molecule has 18 heavy (non-hydrogen) atoms. The summed E-state index contributed by atoms with van der Waals surface area (Å²) in [5.41, 5.74) is 2.47. The Kier molecular flexibility index (Phi) is 2.89. The average molecular weight is 246 g/mol. The van der Waals surface area contributed by atoms with Gasteiger partial charge in [0.1, 0.15) is 0 Å². The number of aromatic nitrogens is 1. The van der Waals surface area contributed by atoms with E-state index in [0.717, 1.165) is 17.3 Å². The predicted octanol–water partition coefficient (Wildman–Crippen LogP) is 3.77. The van der Waals surface area contributed by atoms with E-state index in [1.165, 1.54) is 5.69 Å². The van der Waals surface area contributed by atoms with Crippen LogP contribution in [0.15, 0.2) is 24.3 Å². The molecule has 2 aromatic rings. The van der Waals surface area contributed by atoms with Gasteiger partial charge in [0, 0.05) is 41.2 Å². The largest absolute Gasteiger partial charge is 0.347 e. The lowest BCUT2D eigenvalue weighted by Gasteiger charge is -2.23. The fourth-order valence-electron chi connectivity index (χ4n) is 2.28. The van der Waals surface area contributed by atoms with Crippen LogP contribution in [0.5, 0.6) is 0 Å². The van der Waals surface area contributed by atoms with Crippen molar-refractivity contribution in [1.29, 1.82) is 0 Å². The van der Waals surface area contributed by atoms with Gasteiger partial charge in [-0.25, -0.2) is 0 Å². The summed E-state index contributed by atoms with van der Waals surface area (Å²) >= 11 is 0. The molecule has 0 aliphatic heterocycles. The summed E-state index contributed by atoms with van der Waals surface area (Å²) in [5, 5.41) is 11.7. The molecule has 0 unspecified atom stereocenters. The molecule has 0 saturated heterocycles. The van der Waals surface area contributed by atoms with E-state index < -0.39 is 0 Å². The maximum atomic E-state index is 10.8. The first-order chi connectivity index (χ1) is 8.36. The fourth-order valence-corrected chi connectivity index (χ4v) is 2.28. The third-order valence-electron chi connectivity index (χ3n) is 3.81. The lowest BCUT2D eigenvalue weighted by molar-refractivity contribution is -0.384. The Morgan fingerprint density at radius 3 is 2.56 bits per heavy atom. The second kappa shape index (κ2) is 4.12. The minimum Gasteiger partial charge on any atom is -0.347 e. The molecule has 0 aliphatic rings. The zero-order chi connectivity index (χ0) is 13.5. The number of rotatable bonds is 3. The molecular weight excluding hydrogens is 228 g/mol. The van der Waals surface area contributed by atoms with E-state index in [1.807, 2.05) is 13.1 Å². The highest BCUT2D eigenvalue weighted by atomic mass is 16.6. The van der Waals surface area contributed by atoms with E-state index in [-0.39, 0.29) is 16.0 Å². The summed E-state index contributed by atoms with van der Waals surface area (Å²) in [4.78, 5) is 10.4. The summed E-state index contributed by atoms with van der Waals surface area (Å²) in [7, 11) is 2.01. The number of non-ortho nitro benzene ring substituents is 1. The number of aryl methyl sites for hydroxylation is 1. The van der Waals surface area contributed by atoms with Crippen molar-refractivity contribution in [3.8, 4) is 0 Å². The molecule has 0 radical (unpaired) electrons. The second-order valence-electron chi connectivity index (χ2n) is 5.33. The Hall–Kier alpha value is -1.84. The quantitative estimate of drug-likeness (QED) is 0.611. The third kappa shape index (κ3) is 1.88. The first kappa shape index (κ1) is 12.6. The molecule has 0 amide bonds. The van der Waals surface area contributed by atoms with Crippen LogP contribution in [-0.2, 0) is 12.5 Å². The molecule has 1 heterocycles. The smallest absolute Gasteiger partial charge is 0.270 e. The van der Waals surface area contributed by atoms with Crippen molar-refractivity contribution in [2.45, 2.75) is 32.6 Å². The number of benzene rings is 1. The van der Waals surface area contributed by atoms with Gasteiger partial charge in [-0.05, 0) is 18.6 Å². The first-order valence-electron chi connectivity index (χ1n) is 6.11. The first-order valence-corrected chi connectivity index (χ1v) is 6.11. The third-order valence-corrected chi connectivity index (χ3v) is 3.81. The highest BCUT2D eigenvalue weighted by Gasteiger charge is 2.23. The van der Waals surface area contributed by atoms with Crippen molar-refractivity contribution in [3.63, 3.8) is 0 Å². The van der Waals surface area contributed by atoms with Gasteiger partial charge in [-0.2, -0.15) is 0 Å². The zero-order valence-corrected chi connectivity index (χ0v) is 11.2. The van der Waals surface area contributed by atoms with E-state index in [9.17, 15) is 10.1 Å². The maximum Gasteiger partial charge on any atom is 0.270 e. The van der Waals surface area contributed by atoms with Crippen LogP contribution >= 0.6 is 0 Å². The molecule has 0 spiro atoms. The van der Waals surface area contributed by atoms with Crippen LogP contribution in [0.4, 0.5) is 5.69 Å². The van der Waals surface area contributed by atoms with Crippen molar-refractivity contribution in [2.75, 3.05) is 0 Å². The molecule has 1 aromatic carbocycles. The van der Waals surface area contributed by atoms with Crippen LogP contribution in [0.2, 0.25) is 0 Å². The average Bonchev–Trinajstić information content (AvgIpc) is 2.67. The highest BCUT2D eigenvalue weighted by Crippen LogP contribution is 2.32. The number of hydrogen-bond acceptors (Lipinski definition) is 2.